The predicted octanol–water partition coefficient (Wildman–Crippen LogP) is 9.05. The number of benzene rings is 4. The van der Waals surface area contributed by atoms with Crippen LogP contribution in [0.4, 0.5) is 11.9 Å². The zero-order valence-electron chi connectivity index (χ0n) is 36.0. The molecule has 4 heterocycles. The molecule has 0 bridgehead atoms. The van der Waals surface area contributed by atoms with Crippen LogP contribution in [0.2, 0.25) is 0 Å². The minimum Gasteiger partial charge on any atom is -0.313 e. The first-order chi connectivity index (χ1) is 30.0. The van der Waals surface area contributed by atoms with Crippen LogP contribution in [0.3, 0.4) is 0 Å². The van der Waals surface area contributed by atoms with Gasteiger partial charge >= 0.3 is 0 Å². The lowest BCUT2D eigenvalue weighted by molar-refractivity contribution is 0.101. The van der Waals surface area contributed by atoms with Crippen molar-refractivity contribution >= 4 is 23.7 Å². The van der Waals surface area contributed by atoms with Crippen LogP contribution in [-0.4, -0.2) is 50.5 Å². The lowest BCUT2D eigenvalue weighted by Gasteiger charge is -2.14. The number of hydrogen-bond donors (Lipinski definition) is 2. The Hall–Kier alpha value is -7.34. The largest absolute Gasteiger partial charge is 0.313 e. The smallest absolute Gasteiger partial charge is 0.257 e. The number of anilines is 2. The molecule has 0 spiro atoms. The number of imidazole rings is 2. The standard InChI is InChI=1S/C50H50N10O2/c1-7-36-19-32(3)42(20-31(36)2)45-26-51-49(57(45)5)55-48(62)39-14-9-12-35(23-39)29-60-30-40(25-54-60)41-16-15-37-24-43(33(4)21-44(37)41)46-27-52-50(58(46)6)56-47(61)38-13-8-11-34(22-38)28-59-18-10-17-53-59/h8-14,17-27,30,41H,7,15-16,28-29H2,1-6H3,(H,51,55,62)(H,52,56,61). The van der Waals surface area contributed by atoms with E-state index in [0.717, 1.165) is 58.5 Å². The molecule has 1 atom stereocenters. The van der Waals surface area contributed by atoms with Crippen LogP contribution in [0.15, 0.2) is 116 Å². The van der Waals surface area contributed by atoms with Crippen molar-refractivity contribution in [2.24, 2.45) is 14.1 Å². The van der Waals surface area contributed by atoms with Crippen LogP contribution in [0, 0.1) is 20.8 Å². The second kappa shape index (κ2) is 16.6. The maximum absolute atomic E-state index is 13.5. The number of carbonyl (C=O) groups excluding carboxylic acids is 2. The molecule has 2 amide bonds. The van der Waals surface area contributed by atoms with Crippen molar-refractivity contribution in [3.05, 3.63) is 177 Å². The van der Waals surface area contributed by atoms with E-state index < -0.39 is 0 Å². The lowest BCUT2D eigenvalue weighted by Crippen LogP contribution is -2.15. The fourth-order valence-corrected chi connectivity index (χ4v) is 8.86. The quantitative estimate of drug-likeness (QED) is 0.127. The number of aryl methyl sites for hydroxylation is 5. The van der Waals surface area contributed by atoms with Gasteiger partial charge in [-0.15, -0.1) is 0 Å². The third kappa shape index (κ3) is 7.87. The number of nitrogens with one attached hydrogen (secondary N) is 2. The van der Waals surface area contributed by atoms with Crippen molar-refractivity contribution < 1.29 is 9.59 Å². The molecule has 1 aliphatic rings. The van der Waals surface area contributed by atoms with E-state index in [1.807, 2.05) is 112 Å². The SMILES string of the molecule is CCc1cc(C)c(-c2cnc(NC(=O)c3cccc(Cn4cc(C5CCc6cc(-c7cnc(NC(=O)c8cccc(Cn9cccn9)c8)n7C)c(C)cc65)cn4)c3)n2C)cc1C. The molecule has 1 aliphatic carbocycles. The van der Waals surface area contributed by atoms with Gasteiger partial charge in [0.15, 0.2) is 0 Å². The highest BCUT2D eigenvalue weighted by molar-refractivity contribution is 6.04. The van der Waals surface area contributed by atoms with Crippen molar-refractivity contribution in [1.82, 2.24) is 38.7 Å². The molecule has 0 saturated carbocycles. The molecule has 12 heteroatoms. The lowest BCUT2D eigenvalue weighted by atomic mass is 9.92. The first-order valence-electron chi connectivity index (χ1n) is 21.1. The fraction of sp³-hybridized carbons (Fsp3) is 0.240. The van der Waals surface area contributed by atoms with Gasteiger partial charge in [0, 0.05) is 60.9 Å². The highest BCUT2D eigenvalue weighted by atomic mass is 16.2. The van der Waals surface area contributed by atoms with Crippen LogP contribution in [0.5, 0.6) is 0 Å². The van der Waals surface area contributed by atoms with E-state index in [1.54, 1.807) is 6.20 Å². The van der Waals surface area contributed by atoms with Crippen LogP contribution in [-0.2, 0) is 40.0 Å². The number of aromatic nitrogens is 8. The summed E-state index contributed by atoms with van der Waals surface area (Å²) in [5.41, 5.74) is 15.9. The van der Waals surface area contributed by atoms with Gasteiger partial charge in [0.05, 0.1) is 43.1 Å². The summed E-state index contributed by atoms with van der Waals surface area (Å²) in [4.78, 5) is 36.0. The van der Waals surface area contributed by atoms with Gasteiger partial charge in [-0.05, 0) is 133 Å². The minimum absolute atomic E-state index is 0.213. The molecular formula is C50H50N10O2. The molecule has 2 N–H and O–H groups in total. The number of amides is 2. The first-order valence-corrected chi connectivity index (χ1v) is 21.1. The molecule has 0 saturated heterocycles. The molecule has 312 valence electrons. The minimum atomic E-state index is -0.214. The van der Waals surface area contributed by atoms with Gasteiger partial charge in [0.25, 0.3) is 11.8 Å². The average molecular weight is 823 g/mol. The van der Waals surface area contributed by atoms with Crippen LogP contribution in [0.25, 0.3) is 22.5 Å². The molecule has 1 unspecified atom stereocenters. The molecule has 4 aromatic heterocycles. The summed E-state index contributed by atoms with van der Waals surface area (Å²) in [7, 11) is 3.87. The summed E-state index contributed by atoms with van der Waals surface area (Å²) in [6.07, 6.45) is 14.3. The highest BCUT2D eigenvalue weighted by Gasteiger charge is 2.27. The molecule has 0 fully saturated rings. The van der Waals surface area contributed by atoms with Gasteiger partial charge in [0.1, 0.15) is 0 Å². The van der Waals surface area contributed by atoms with Gasteiger partial charge in [0.2, 0.25) is 11.9 Å². The van der Waals surface area contributed by atoms with Gasteiger partial charge in [-0.2, -0.15) is 10.2 Å². The van der Waals surface area contributed by atoms with Crippen molar-refractivity contribution in [1.29, 1.82) is 0 Å². The normalized spacial score (nSPS) is 13.4. The van der Waals surface area contributed by atoms with Gasteiger partial charge in [-0.25, -0.2) is 9.97 Å². The van der Waals surface area contributed by atoms with Crippen molar-refractivity contribution in [2.75, 3.05) is 10.6 Å². The summed E-state index contributed by atoms with van der Waals surface area (Å²) in [5, 5.41) is 15.1. The number of rotatable bonds is 12. The zero-order chi connectivity index (χ0) is 43.1. The molecule has 62 heavy (non-hydrogen) atoms. The molecule has 0 aliphatic heterocycles. The molecule has 8 aromatic rings. The van der Waals surface area contributed by atoms with E-state index in [9.17, 15) is 9.59 Å². The van der Waals surface area contributed by atoms with Crippen molar-refractivity contribution in [3.63, 3.8) is 0 Å². The van der Waals surface area contributed by atoms with E-state index in [4.69, 9.17) is 5.10 Å². The molecule has 9 rings (SSSR count). The molecule has 12 nitrogen and oxygen atoms in total. The maximum atomic E-state index is 13.5. The molecular weight excluding hydrogens is 773 g/mol. The average Bonchev–Trinajstić information content (AvgIpc) is 4.13. The number of nitrogens with zero attached hydrogens (tertiary/aromatic N) is 8. The molecule has 4 aromatic carbocycles. The molecule has 0 radical (unpaired) electrons. The Kier molecular flexibility index (Phi) is 10.7. The Morgan fingerprint density at radius 2 is 1.31 bits per heavy atom. The highest BCUT2D eigenvalue weighted by Crippen LogP contribution is 2.41. The third-order valence-corrected chi connectivity index (χ3v) is 12.3. The Balaban J connectivity index is 0.856. The maximum Gasteiger partial charge on any atom is 0.257 e. The monoisotopic (exact) mass is 822 g/mol. The van der Waals surface area contributed by atoms with Crippen molar-refractivity contribution in [3.8, 4) is 22.5 Å². The summed E-state index contributed by atoms with van der Waals surface area (Å²) in [5.74, 6) is 0.787. The number of fused-ring (bicyclic) bond motifs is 1. The number of hydrogen-bond acceptors (Lipinski definition) is 6. The first kappa shape index (κ1) is 40.1. The van der Waals surface area contributed by atoms with E-state index in [1.165, 1.54) is 33.4 Å². The zero-order valence-corrected chi connectivity index (χ0v) is 36.0. The Bertz CT molecular complexity index is 2970. The van der Waals surface area contributed by atoms with E-state index in [-0.39, 0.29) is 17.7 Å². The number of carbonyl (C=O) groups is 2. The Morgan fingerprint density at radius 1 is 0.694 bits per heavy atom. The van der Waals surface area contributed by atoms with Crippen LogP contribution >= 0.6 is 0 Å². The predicted molar refractivity (Wildman–Crippen MR) is 242 cm³/mol. The summed E-state index contributed by atoms with van der Waals surface area (Å²) >= 11 is 0. The summed E-state index contributed by atoms with van der Waals surface area (Å²) in [6, 6.07) is 26.2. The fourth-order valence-electron chi connectivity index (χ4n) is 8.86. The summed E-state index contributed by atoms with van der Waals surface area (Å²) < 4.78 is 7.66. The second-order valence-electron chi connectivity index (χ2n) is 16.4. The Morgan fingerprint density at radius 3 is 1.92 bits per heavy atom. The van der Waals surface area contributed by atoms with Crippen LogP contribution < -0.4 is 10.6 Å². The van der Waals surface area contributed by atoms with E-state index in [2.05, 4.69) is 83.9 Å². The summed E-state index contributed by atoms with van der Waals surface area (Å²) in [6.45, 7) is 9.68. The van der Waals surface area contributed by atoms with Crippen molar-refractivity contribution in [2.45, 2.75) is 66.0 Å². The van der Waals surface area contributed by atoms with Crippen LogP contribution in [0.1, 0.15) is 90.0 Å². The van der Waals surface area contributed by atoms with Gasteiger partial charge in [-0.1, -0.05) is 43.3 Å². The topological polar surface area (TPSA) is 129 Å². The van der Waals surface area contributed by atoms with Gasteiger partial charge < -0.3 is 9.13 Å². The second-order valence-corrected chi connectivity index (χ2v) is 16.4. The third-order valence-electron chi connectivity index (χ3n) is 12.3. The van der Waals surface area contributed by atoms with Gasteiger partial charge in [-0.3, -0.25) is 29.6 Å². The Labute approximate surface area is 361 Å². The van der Waals surface area contributed by atoms with E-state index in [0.29, 0.717) is 36.1 Å². The van der Waals surface area contributed by atoms with E-state index >= 15 is 0 Å².